The Labute approximate surface area is 182 Å². The van der Waals surface area contributed by atoms with Crippen molar-refractivity contribution in [2.24, 2.45) is 4.99 Å². The van der Waals surface area contributed by atoms with Gasteiger partial charge in [0.15, 0.2) is 12.8 Å². The van der Waals surface area contributed by atoms with Crippen molar-refractivity contribution in [2.45, 2.75) is 51.9 Å². The van der Waals surface area contributed by atoms with Crippen molar-refractivity contribution >= 4 is 5.96 Å². The van der Waals surface area contributed by atoms with Crippen molar-refractivity contribution in [2.75, 3.05) is 19.9 Å². The van der Waals surface area contributed by atoms with Gasteiger partial charge in [0.05, 0.1) is 12.6 Å². The number of halogens is 1. The fourth-order valence-electron chi connectivity index (χ4n) is 4.15. The van der Waals surface area contributed by atoms with E-state index in [1.54, 1.807) is 0 Å². The number of guanidine groups is 1. The van der Waals surface area contributed by atoms with Gasteiger partial charge < -0.3 is 24.8 Å². The fourth-order valence-corrected chi connectivity index (χ4v) is 4.15. The molecule has 1 atom stereocenters. The Kier molecular flexibility index (Phi) is 6.32. The van der Waals surface area contributed by atoms with E-state index in [0.717, 1.165) is 47.1 Å². The number of fused-ring (bicyclic) bond motifs is 2. The van der Waals surface area contributed by atoms with E-state index < -0.39 is 0 Å². The molecule has 2 aliphatic heterocycles. The highest BCUT2D eigenvalue weighted by Gasteiger charge is 2.34. The van der Waals surface area contributed by atoms with Gasteiger partial charge in [0.1, 0.15) is 22.9 Å². The largest absolute Gasteiger partial charge is 0.487 e. The molecule has 0 radical (unpaired) electrons. The lowest BCUT2D eigenvalue weighted by atomic mass is 9.90. The molecule has 1 unspecified atom stereocenters. The first-order chi connectivity index (χ1) is 14.9. The summed E-state index contributed by atoms with van der Waals surface area (Å²) in [5, 5.41) is 6.88. The van der Waals surface area contributed by atoms with Gasteiger partial charge in [-0.25, -0.2) is 4.39 Å². The van der Waals surface area contributed by atoms with E-state index in [0.29, 0.717) is 19.6 Å². The van der Waals surface area contributed by atoms with Crippen LogP contribution in [-0.2, 0) is 17.8 Å². The minimum Gasteiger partial charge on any atom is -0.487 e. The molecular weight excluding hydrogens is 397 g/mol. The van der Waals surface area contributed by atoms with Crippen molar-refractivity contribution in [3.63, 3.8) is 0 Å². The lowest BCUT2D eigenvalue weighted by Gasteiger charge is -2.38. The lowest BCUT2D eigenvalue weighted by Crippen LogP contribution is -2.45. The Hall–Kier alpha value is -2.80. The Morgan fingerprint density at radius 2 is 2.10 bits per heavy atom. The van der Waals surface area contributed by atoms with Crippen LogP contribution in [0.2, 0.25) is 0 Å². The van der Waals surface area contributed by atoms with Crippen molar-refractivity contribution in [3.05, 3.63) is 58.9 Å². The molecule has 0 saturated carbocycles. The third kappa shape index (κ3) is 5.10. The van der Waals surface area contributed by atoms with Crippen LogP contribution in [0.4, 0.5) is 4.39 Å². The first kappa shape index (κ1) is 21.4. The maximum absolute atomic E-state index is 14.0. The summed E-state index contributed by atoms with van der Waals surface area (Å²) in [6.07, 6.45) is 1.40. The van der Waals surface area contributed by atoms with E-state index in [1.807, 2.05) is 25.1 Å². The average Bonchev–Trinajstić information content (AvgIpc) is 2.73. The summed E-state index contributed by atoms with van der Waals surface area (Å²) in [5.41, 5.74) is 2.41. The summed E-state index contributed by atoms with van der Waals surface area (Å²) >= 11 is 0. The standard InChI is InChI=1S/C24H30FN3O3/c1-4-26-23(28-20-13-24(2,3)31-21-8-6-5-7-19(20)21)27-10-9-16-11-18(25)12-17-14-29-15-30-22(16)17/h5-8,11-12,20H,4,9-10,13-15H2,1-3H3,(H2,26,27,28). The molecule has 6 nitrogen and oxygen atoms in total. The van der Waals surface area contributed by atoms with Crippen LogP contribution < -0.4 is 20.1 Å². The number of ether oxygens (including phenoxy) is 3. The van der Waals surface area contributed by atoms with Gasteiger partial charge in [-0.05, 0) is 51.0 Å². The molecule has 7 heteroatoms. The Morgan fingerprint density at radius 3 is 2.94 bits per heavy atom. The number of hydrogen-bond acceptors (Lipinski definition) is 4. The highest BCUT2D eigenvalue weighted by Crippen LogP contribution is 2.39. The Bertz CT molecular complexity index is 961. The predicted molar refractivity (Wildman–Crippen MR) is 118 cm³/mol. The van der Waals surface area contributed by atoms with Crippen molar-refractivity contribution in [3.8, 4) is 11.5 Å². The van der Waals surface area contributed by atoms with Gasteiger partial charge in [0.25, 0.3) is 0 Å². The number of nitrogens with zero attached hydrogens (tertiary/aromatic N) is 1. The van der Waals surface area contributed by atoms with E-state index in [1.165, 1.54) is 12.1 Å². The van der Waals surface area contributed by atoms with Gasteiger partial charge in [-0.15, -0.1) is 0 Å². The van der Waals surface area contributed by atoms with E-state index in [2.05, 4.69) is 30.5 Å². The van der Waals surface area contributed by atoms with Gasteiger partial charge >= 0.3 is 0 Å². The summed E-state index contributed by atoms with van der Waals surface area (Å²) in [7, 11) is 0. The minimum atomic E-state index is -0.280. The highest BCUT2D eigenvalue weighted by atomic mass is 19.1. The summed E-state index contributed by atoms with van der Waals surface area (Å²) in [4.78, 5) is 4.75. The van der Waals surface area contributed by atoms with E-state index in [9.17, 15) is 4.39 Å². The van der Waals surface area contributed by atoms with Crippen LogP contribution in [0.15, 0.2) is 41.4 Å². The number of benzene rings is 2. The third-order valence-corrected chi connectivity index (χ3v) is 5.43. The molecule has 0 aliphatic carbocycles. The zero-order valence-corrected chi connectivity index (χ0v) is 18.3. The lowest BCUT2D eigenvalue weighted by molar-refractivity contribution is -0.0172. The molecule has 2 aromatic rings. The first-order valence-corrected chi connectivity index (χ1v) is 10.8. The van der Waals surface area contributed by atoms with Gasteiger partial charge in [0, 0.05) is 30.6 Å². The summed E-state index contributed by atoms with van der Waals surface area (Å²) in [6, 6.07) is 11.2. The zero-order valence-electron chi connectivity index (χ0n) is 18.3. The second kappa shape index (κ2) is 9.14. The number of aliphatic imine (C=N–C) groups is 1. The highest BCUT2D eigenvalue weighted by molar-refractivity contribution is 5.80. The van der Waals surface area contributed by atoms with Crippen LogP contribution in [-0.4, -0.2) is 31.4 Å². The molecule has 2 aliphatic rings. The second-order valence-corrected chi connectivity index (χ2v) is 8.48. The molecule has 2 N–H and O–H groups in total. The van der Waals surface area contributed by atoms with Crippen molar-refractivity contribution < 1.29 is 18.6 Å². The summed E-state index contributed by atoms with van der Waals surface area (Å²) in [6.45, 7) is 8.04. The smallest absolute Gasteiger partial charge is 0.191 e. The molecule has 0 bridgehead atoms. The van der Waals surface area contributed by atoms with Crippen LogP contribution >= 0.6 is 0 Å². The van der Waals surface area contributed by atoms with Gasteiger partial charge in [0.2, 0.25) is 0 Å². The molecule has 0 amide bonds. The Morgan fingerprint density at radius 1 is 1.26 bits per heavy atom. The topological polar surface area (TPSA) is 64.1 Å². The van der Waals surface area contributed by atoms with Gasteiger partial charge in [-0.2, -0.15) is 0 Å². The molecule has 166 valence electrons. The molecule has 4 rings (SSSR count). The summed E-state index contributed by atoms with van der Waals surface area (Å²) < 4.78 is 31.0. The molecule has 0 fully saturated rings. The number of hydrogen-bond donors (Lipinski definition) is 2. The maximum atomic E-state index is 14.0. The van der Waals surface area contributed by atoms with Gasteiger partial charge in [-0.3, -0.25) is 4.99 Å². The van der Waals surface area contributed by atoms with Gasteiger partial charge in [-0.1, -0.05) is 18.2 Å². The third-order valence-electron chi connectivity index (χ3n) is 5.43. The molecule has 2 heterocycles. The second-order valence-electron chi connectivity index (χ2n) is 8.48. The summed E-state index contributed by atoms with van der Waals surface area (Å²) in [5.74, 6) is 2.08. The van der Waals surface area contributed by atoms with Crippen LogP contribution in [0.5, 0.6) is 11.5 Å². The number of para-hydroxylation sites is 1. The Balaban J connectivity index is 1.49. The SMILES string of the molecule is CCNC(=NCCc1cc(F)cc2c1OCOC2)NC1CC(C)(C)Oc2ccccc21. The minimum absolute atomic E-state index is 0.0835. The normalized spacial score (nSPS) is 19.5. The van der Waals surface area contributed by atoms with E-state index in [-0.39, 0.29) is 24.3 Å². The van der Waals surface area contributed by atoms with Crippen molar-refractivity contribution in [1.29, 1.82) is 0 Å². The average molecular weight is 428 g/mol. The maximum Gasteiger partial charge on any atom is 0.191 e. The molecule has 0 spiro atoms. The zero-order chi connectivity index (χ0) is 21.8. The predicted octanol–water partition coefficient (Wildman–Crippen LogP) is 4.09. The molecule has 0 saturated heterocycles. The van der Waals surface area contributed by atoms with Crippen LogP contribution in [0, 0.1) is 5.82 Å². The number of nitrogens with one attached hydrogen (secondary N) is 2. The quantitative estimate of drug-likeness (QED) is 0.556. The van der Waals surface area contributed by atoms with Crippen molar-refractivity contribution in [1.82, 2.24) is 10.6 Å². The van der Waals surface area contributed by atoms with Crippen LogP contribution in [0.1, 0.15) is 49.9 Å². The molecule has 31 heavy (non-hydrogen) atoms. The molecule has 0 aromatic heterocycles. The van der Waals surface area contributed by atoms with Crippen LogP contribution in [0.3, 0.4) is 0 Å². The van der Waals surface area contributed by atoms with E-state index >= 15 is 0 Å². The number of rotatable bonds is 5. The first-order valence-electron chi connectivity index (χ1n) is 10.8. The fraction of sp³-hybridized carbons (Fsp3) is 0.458. The monoisotopic (exact) mass is 427 g/mol. The molecular formula is C24H30FN3O3. The van der Waals surface area contributed by atoms with E-state index in [4.69, 9.17) is 19.2 Å². The molecule has 2 aromatic carbocycles. The van der Waals surface area contributed by atoms with Crippen LogP contribution in [0.25, 0.3) is 0 Å².